The van der Waals surface area contributed by atoms with Gasteiger partial charge in [0.25, 0.3) is 0 Å². The molecule has 2 aliphatic carbocycles. The Bertz CT molecular complexity index is 623. The van der Waals surface area contributed by atoms with Gasteiger partial charge in [-0.05, 0) is 43.6 Å². The molecule has 3 aliphatic rings. The lowest BCUT2D eigenvalue weighted by molar-refractivity contribution is -0.132. The van der Waals surface area contributed by atoms with Crippen LogP contribution in [-0.2, 0) is 4.79 Å². The van der Waals surface area contributed by atoms with Crippen molar-refractivity contribution < 1.29 is 9.59 Å². The van der Waals surface area contributed by atoms with Crippen LogP contribution in [0.5, 0.6) is 0 Å². The molecule has 3 amide bonds. The van der Waals surface area contributed by atoms with Gasteiger partial charge in [-0.3, -0.25) is 4.79 Å². The quantitative estimate of drug-likeness (QED) is 0.919. The third-order valence-electron chi connectivity index (χ3n) is 5.76. The molecule has 1 aromatic rings. The topological polar surface area (TPSA) is 52.7 Å². The van der Waals surface area contributed by atoms with Crippen LogP contribution in [0.1, 0.15) is 43.6 Å². The maximum Gasteiger partial charge on any atom is 0.317 e. The number of rotatable bonds is 3. The number of hydrogen-bond acceptors (Lipinski definition) is 2. The summed E-state index contributed by atoms with van der Waals surface area (Å²) in [5.41, 5.74) is 1.37. The Kier molecular flexibility index (Phi) is 4.64. The van der Waals surface area contributed by atoms with Crippen LogP contribution in [0.4, 0.5) is 4.79 Å². The van der Waals surface area contributed by atoms with Crippen LogP contribution in [-0.4, -0.2) is 54.0 Å². The fourth-order valence-electron chi connectivity index (χ4n) is 3.93. The Morgan fingerprint density at radius 1 is 0.920 bits per heavy atom. The van der Waals surface area contributed by atoms with Gasteiger partial charge < -0.3 is 15.1 Å². The Balaban J connectivity index is 1.23. The molecular formula is C20H27N3O2. The zero-order valence-electron chi connectivity index (χ0n) is 14.7. The smallest absolute Gasteiger partial charge is 0.317 e. The summed E-state index contributed by atoms with van der Waals surface area (Å²) in [6.45, 7) is 2.87. The van der Waals surface area contributed by atoms with E-state index in [0.29, 0.717) is 24.9 Å². The van der Waals surface area contributed by atoms with Gasteiger partial charge in [0.05, 0.1) is 0 Å². The largest absolute Gasteiger partial charge is 0.341 e. The molecule has 1 heterocycles. The van der Waals surface area contributed by atoms with Crippen molar-refractivity contribution in [3.8, 4) is 0 Å². The number of benzene rings is 1. The van der Waals surface area contributed by atoms with E-state index in [2.05, 4.69) is 29.6 Å². The maximum atomic E-state index is 12.5. The van der Waals surface area contributed by atoms with Crippen LogP contribution < -0.4 is 5.32 Å². The van der Waals surface area contributed by atoms with E-state index >= 15 is 0 Å². The highest BCUT2D eigenvalue weighted by molar-refractivity contribution is 5.81. The molecule has 1 aromatic carbocycles. The van der Waals surface area contributed by atoms with E-state index in [1.54, 1.807) is 0 Å². The maximum absolute atomic E-state index is 12.5. The van der Waals surface area contributed by atoms with Gasteiger partial charge in [-0.1, -0.05) is 30.3 Å². The average Bonchev–Trinajstić information content (AvgIpc) is 3.44. The summed E-state index contributed by atoms with van der Waals surface area (Å²) < 4.78 is 0. The fraction of sp³-hybridized carbons (Fsp3) is 0.600. The molecule has 3 fully saturated rings. The second-order valence-electron chi connectivity index (χ2n) is 7.67. The van der Waals surface area contributed by atoms with Crippen LogP contribution in [0.25, 0.3) is 0 Å². The van der Waals surface area contributed by atoms with Crippen molar-refractivity contribution in [3.05, 3.63) is 35.9 Å². The highest BCUT2D eigenvalue weighted by atomic mass is 16.2. The molecule has 0 spiro atoms. The molecule has 2 saturated carbocycles. The third kappa shape index (κ3) is 3.80. The molecule has 0 bridgehead atoms. The van der Waals surface area contributed by atoms with Gasteiger partial charge >= 0.3 is 6.03 Å². The van der Waals surface area contributed by atoms with Crippen LogP contribution in [0.3, 0.4) is 0 Å². The number of nitrogens with zero attached hydrogens (tertiary/aromatic N) is 2. The normalized spacial score (nSPS) is 26.6. The second kappa shape index (κ2) is 7.06. The molecule has 5 heteroatoms. The van der Waals surface area contributed by atoms with E-state index in [9.17, 15) is 9.59 Å². The SMILES string of the molecule is O=C(NC1CC(c2ccccc2)C1)N1CCCN(C(=O)C2CC2)CC1. The molecule has 1 N–H and O–H groups in total. The van der Waals surface area contributed by atoms with E-state index < -0.39 is 0 Å². The summed E-state index contributed by atoms with van der Waals surface area (Å²) >= 11 is 0. The van der Waals surface area contributed by atoms with E-state index in [0.717, 1.165) is 45.2 Å². The van der Waals surface area contributed by atoms with E-state index in [1.807, 2.05) is 15.9 Å². The van der Waals surface area contributed by atoms with Crippen LogP contribution in [0, 0.1) is 5.92 Å². The first kappa shape index (κ1) is 16.4. The number of hydrogen-bond donors (Lipinski definition) is 1. The third-order valence-corrected chi connectivity index (χ3v) is 5.76. The van der Waals surface area contributed by atoms with Gasteiger partial charge in [-0.2, -0.15) is 0 Å². The fourth-order valence-corrected chi connectivity index (χ4v) is 3.93. The molecule has 0 aromatic heterocycles. The lowest BCUT2D eigenvalue weighted by atomic mass is 9.76. The van der Waals surface area contributed by atoms with Gasteiger partial charge in [-0.25, -0.2) is 4.79 Å². The van der Waals surface area contributed by atoms with E-state index in [-0.39, 0.29) is 18.0 Å². The van der Waals surface area contributed by atoms with Crippen molar-refractivity contribution in [2.24, 2.45) is 5.92 Å². The monoisotopic (exact) mass is 341 g/mol. The molecule has 1 aliphatic heterocycles. The molecule has 4 rings (SSSR count). The summed E-state index contributed by atoms with van der Waals surface area (Å²) in [6, 6.07) is 10.9. The first-order valence-corrected chi connectivity index (χ1v) is 9.60. The molecule has 0 unspecified atom stereocenters. The van der Waals surface area contributed by atoms with Gasteiger partial charge in [0.1, 0.15) is 0 Å². The van der Waals surface area contributed by atoms with Crippen molar-refractivity contribution in [2.75, 3.05) is 26.2 Å². The zero-order chi connectivity index (χ0) is 17.2. The highest BCUT2D eigenvalue weighted by Crippen LogP contribution is 2.36. The van der Waals surface area contributed by atoms with Gasteiger partial charge in [0.15, 0.2) is 0 Å². The molecule has 1 saturated heterocycles. The van der Waals surface area contributed by atoms with Crippen LogP contribution >= 0.6 is 0 Å². The van der Waals surface area contributed by atoms with Crippen molar-refractivity contribution in [1.29, 1.82) is 0 Å². The summed E-state index contributed by atoms with van der Waals surface area (Å²) in [4.78, 5) is 28.6. The van der Waals surface area contributed by atoms with Gasteiger partial charge in [0.2, 0.25) is 5.91 Å². The van der Waals surface area contributed by atoms with E-state index in [4.69, 9.17) is 0 Å². The Labute approximate surface area is 149 Å². The molecule has 134 valence electrons. The predicted molar refractivity (Wildman–Crippen MR) is 96.2 cm³/mol. The minimum absolute atomic E-state index is 0.0391. The summed E-state index contributed by atoms with van der Waals surface area (Å²) in [6.07, 6.45) is 5.02. The lowest BCUT2D eigenvalue weighted by Gasteiger charge is -2.37. The Morgan fingerprint density at radius 2 is 1.60 bits per heavy atom. The zero-order valence-corrected chi connectivity index (χ0v) is 14.7. The van der Waals surface area contributed by atoms with Crippen LogP contribution in [0.2, 0.25) is 0 Å². The van der Waals surface area contributed by atoms with E-state index in [1.165, 1.54) is 5.56 Å². The standard InChI is InChI=1S/C20H27N3O2/c24-19(16-7-8-16)22-9-4-10-23(12-11-22)20(25)21-18-13-17(14-18)15-5-2-1-3-6-15/h1-3,5-6,16-18H,4,7-14H2,(H,21,25). The second-order valence-corrected chi connectivity index (χ2v) is 7.67. The van der Waals surface area contributed by atoms with Crippen molar-refractivity contribution >= 4 is 11.9 Å². The minimum Gasteiger partial charge on any atom is -0.341 e. The minimum atomic E-state index is 0.0391. The molecule has 5 nitrogen and oxygen atoms in total. The summed E-state index contributed by atoms with van der Waals surface area (Å²) in [5.74, 6) is 1.14. The molecular weight excluding hydrogens is 314 g/mol. The van der Waals surface area contributed by atoms with Crippen molar-refractivity contribution in [3.63, 3.8) is 0 Å². The number of amides is 3. The van der Waals surface area contributed by atoms with Crippen molar-refractivity contribution in [1.82, 2.24) is 15.1 Å². The first-order chi connectivity index (χ1) is 12.2. The lowest BCUT2D eigenvalue weighted by Crippen LogP contribution is -2.50. The Morgan fingerprint density at radius 3 is 2.32 bits per heavy atom. The summed E-state index contributed by atoms with van der Waals surface area (Å²) in [7, 11) is 0. The van der Waals surface area contributed by atoms with Gasteiger partial charge in [0, 0.05) is 38.1 Å². The number of urea groups is 1. The molecule has 0 radical (unpaired) electrons. The number of carbonyl (C=O) groups is 2. The summed E-state index contributed by atoms with van der Waals surface area (Å²) in [5, 5.41) is 3.18. The first-order valence-electron chi connectivity index (χ1n) is 9.60. The average molecular weight is 341 g/mol. The number of carbonyl (C=O) groups excluding carboxylic acids is 2. The van der Waals surface area contributed by atoms with Crippen LogP contribution in [0.15, 0.2) is 30.3 Å². The molecule has 25 heavy (non-hydrogen) atoms. The predicted octanol–water partition coefficient (Wildman–Crippen LogP) is 2.59. The number of nitrogens with one attached hydrogen (secondary N) is 1. The highest BCUT2D eigenvalue weighted by Gasteiger charge is 2.35. The Hall–Kier alpha value is -2.04. The van der Waals surface area contributed by atoms with Gasteiger partial charge in [-0.15, -0.1) is 0 Å². The molecule has 0 atom stereocenters. The van der Waals surface area contributed by atoms with Crippen molar-refractivity contribution in [2.45, 2.75) is 44.1 Å².